The van der Waals surface area contributed by atoms with E-state index >= 15 is 0 Å². The molecule has 1 aromatic carbocycles. The zero-order valence-corrected chi connectivity index (χ0v) is 19.5. The topological polar surface area (TPSA) is 66.4 Å². The summed E-state index contributed by atoms with van der Waals surface area (Å²) in [5, 5.41) is 0. The number of hydrogen-bond donors (Lipinski definition) is 0. The lowest BCUT2D eigenvalue weighted by molar-refractivity contribution is -0.130. The molecule has 2 aliphatic heterocycles. The van der Waals surface area contributed by atoms with Crippen LogP contribution < -0.4 is 4.90 Å². The SMILES string of the molecule is Cc1nc([C@@H]2CCN(C(=O)CCc3ccccc3)C2)nc2c1CCC(=O)N2CCC(C)C. The second-order valence-corrected chi connectivity index (χ2v) is 9.51. The van der Waals surface area contributed by atoms with Crippen molar-refractivity contribution in [2.75, 3.05) is 24.5 Å². The number of anilines is 1. The van der Waals surface area contributed by atoms with Gasteiger partial charge in [-0.3, -0.25) is 14.5 Å². The number of benzene rings is 1. The number of nitrogens with zero attached hydrogens (tertiary/aromatic N) is 4. The number of fused-ring (bicyclic) bond motifs is 1. The Kier molecular flexibility index (Phi) is 6.87. The van der Waals surface area contributed by atoms with Gasteiger partial charge in [0.05, 0.1) is 0 Å². The number of carbonyl (C=O) groups is 2. The molecule has 0 aliphatic carbocycles. The molecule has 6 heteroatoms. The fourth-order valence-corrected chi connectivity index (χ4v) is 4.66. The molecule has 2 aromatic rings. The number of likely N-dealkylation sites (tertiary alicyclic amines) is 1. The highest BCUT2D eigenvalue weighted by Crippen LogP contribution is 2.32. The highest BCUT2D eigenvalue weighted by molar-refractivity contribution is 5.95. The Bertz CT molecular complexity index is 973. The monoisotopic (exact) mass is 434 g/mol. The lowest BCUT2D eigenvalue weighted by Gasteiger charge is -2.30. The number of rotatable bonds is 7. The molecule has 1 saturated heterocycles. The molecule has 0 unspecified atom stereocenters. The van der Waals surface area contributed by atoms with E-state index in [1.165, 1.54) is 5.56 Å². The second-order valence-electron chi connectivity index (χ2n) is 9.51. The predicted molar refractivity (Wildman–Crippen MR) is 126 cm³/mol. The predicted octanol–water partition coefficient (Wildman–Crippen LogP) is 4.06. The van der Waals surface area contributed by atoms with Crippen molar-refractivity contribution < 1.29 is 9.59 Å². The van der Waals surface area contributed by atoms with Gasteiger partial charge in [0, 0.05) is 49.7 Å². The fourth-order valence-electron chi connectivity index (χ4n) is 4.66. The molecule has 1 fully saturated rings. The molecule has 170 valence electrons. The first-order valence-corrected chi connectivity index (χ1v) is 11.9. The molecule has 0 spiro atoms. The normalized spacial score (nSPS) is 18.4. The second kappa shape index (κ2) is 9.80. The minimum Gasteiger partial charge on any atom is -0.342 e. The van der Waals surface area contributed by atoms with Crippen LogP contribution in [0.3, 0.4) is 0 Å². The minimum absolute atomic E-state index is 0.128. The van der Waals surface area contributed by atoms with E-state index in [9.17, 15) is 9.59 Å². The van der Waals surface area contributed by atoms with E-state index in [0.717, 1.165) is 48.7 Å². The number of hydrogen-bond acceptors (Lipinski definition) is 4. The van der Waals surface area contributed by atoms with Gasteiger partial charge in [0.15, 0.2) is 0 Å². The van der Waals surface area contributed by atoms with Gasteiger partial charge in [-0.15, -0.1) is 0 Å². The number of aryl methyl sites for hydroxylation is 2. The van der Waals surface area contributed by atoms with Crippen molar-refractivity contribution in [3.05, 3.63) is 53.0 Å². The third-order valence-corrected chi connectivity index (χ3v) is 6.66. The molecule has 4 rings (SSSR count). The Morgan fingerprint density at radius 3 is 2.69 bits per heavy atom. The maximum atomic E-state index is 12.8. The summed E-state index contributed by atoms with van der Waals surface area (Å²) in [7, 11) is 0. The first kappa shape index (κ1) is 22.4. The number of aromatic nitrogens is 2. The first-order chi connectivity index (χ1) is 15.4. The van der Waals surface area contributed by atoms with E-state index in [2.05, 4.69) is 26.0 Å². The summed E-state index contributed by atoms with van der Waals surface area (Å²) in [4.78, 5) is 39.0. The number of carbonyl (C=O) groups excluding carboxylic acids is 2. The first-order valence-electron chi connectivity index (χ1n) is 11.9. The molecule has 2 aliphatic rings. The average Bonchev–Trinajstić information content (AvgIpc) is 3.27. The molecule has 0 N–H and O–H groups in total. The quantitative estimate of drug-likeness (QED) is 0.659. The minimum atomic E-state index is 0.128. The molecule has 2 amide bonds. The Morgan fingerprint density at radius 1 is 1.16 bits per heavy atom. The summed E-state index contributed by atoms with van der Waals surface area (Å²) in [6.07, 6.45) is 4.36. The van der Waals surface area contributed by atoms with Crippen LogP contribution in [0.4, 0.5) is 5.82 Å². The van der Waals surface area contributed by atoms with E-state index in [-0.39, 0.29) is 17.7 Å². The summed E-state index contributed by atoms with van der Waals surface area (Å²) >= 11 is 0. The highest BCUT2D eigenvalue weighted by atomic mass is 16.2. The molecule has 6 nitrogen and oxygen atoms in total. The van der Waals surface area contributed by atoms with Crippen LogP contribution in [0.15, 0.2) is 30.3 Å². The summed E-state index contributed by atoms with van der Waals surface area (Å²) in [5.41, 5.74) is 3.27. The van der Waals surface area contributed by atoms with Crippen LogP contribution in [0.1, 0.15) is 68.1 Å². The molecule has 0 saturated carbocycles. The van der Waals surface area contributed by atoms with E-state index in [0.29, 0.717) is 38.3 Å². The lowest BCUT2D eigenvalue weighted by atomic mass is 10.0. The van der Waals surface area contributed by atoms with Crippen LogP contribution in [0.25, 0.3) is 0 Å². The van der Waals surface area contributed by atoms with E-state index in [1.54, 1.807) is 0 Å². The lowest BCUT2D eigenvalue weighted by Crippen LogP contribution is -2.38. The summed E-state index contributed by atoms with van der Waals surface area (Å²) in [5.74, 6) is 2.60. The largest absolute Gasteiger partial charge is 0.342 e. The molecule has 3 heterocycles. The summed E-state index contributed by atoms with van der Waals surface area (Å²) in [6, 6.07) is 10.1. The fraction of sp³-hybridized carbons (Fsp3) is 0.538. The summed E-state index contributed by atoms with van der Waals surface area (Å²) < 4.78 is 0. The van der Waals surface area contributed by atoms with Crippen molar-refractivity contribution in [1.29, 1.82) is 0 Å². The molecule has 1 aromatic heterocycles. The Hall–Kier alpha value is -2.76. The molecular formula is C26H34N4O2. The van der Waals surface area contributed by atoms with Gasteiger partial charge < -0.3 is 4.90 Å². The standard InChI is InChI=1S/C26H34N4O2/c1-18(2)13-16-30-24(32)12-10-22-19(3)27-25(28-26(22)30)21-14-15-29(17-21)23(31)11-9-20-7-5-4-6-8-20/h4-8,18,21H,9-17H2,1-3H3/t21-/m1/s1. The Labute approximate surface area is 191 Å². The smallest absolute Gasteiger partial charge is 0.228 e. The third kappa shape index (κ3) is 5.00. The Morgan fingerprint density at radius 2 is 1.94 bits per heavy atom. The maximum absolute atomic E-state index is 12.8. The maximum Gasteiger partial charge on any atom is 0.228 e. The van der Waals surface area contributed by atoms with Crippen molar-refractivity contribution in [3.63, 3.8) is 0 Å². The van der Waals surface area contributed by atoms with Gasteiger partial charge >= 0.3 is 0 Å². The third-order valence-electron chi connectivity index (χ3n) is 6.66. The zero-order chi connectivity index (χ0) is 22.7. The molecular weight excluding hydrogens is 400 g/mol. The summed E-state index contributed by atoms with van der Waals surface area (Å²) in [6.45, 7) is 8.48. The van der Waals surface area contributed by atoms with Crippen molar-refractivity contribution >= 4 is 17.6 Å². The van der Waals surface area contributed by atoms with Gasteiger partial charge in [-0.1, -0.05) is 44.2 Å². The van der Waals surface area contributed by atoms with Gasteiger partial charge in [-0.25, -0.2) is 9.97 Å². The van der Waals surface area contributed by atoms with Gasteiger partial charge in [-0.05, 0) is 44.1 Å². The Balaban J connectivity index is 1.45. The number of amides is 2. The van der Waals surface area contributed by atoms with Crippen LogP contribution in [0.2, 0.25) is 0 Å². The van der Waals surface area contributed by atoms with Gasteiger partial charge in [0.2, 0.25) is 11.8 Å². The van der Waals surface area contributed by atoms with Crippen LogP contribution in [-0.2, 0) is 22.4 Å². The van der Waals surface area contributed by atoms with Crippen molar-refractivity contribution in [1.82, 2.24) is 14.9 Å². The van der Waals surface area contributed by atoms with Crippen molar-refractivity contribution in [2.45, 2.75) is 65.2 Å². The molecule has 1 atom stereocenters. The van der Waals surface area contributed by atoms with Crippen LogP contribution in [-0.4, -0.2) is 46.3 Å². The van der Waals surface area contributed by atoms with Gasteiger partial charge in [0.1, 0.15) is 11.6 Å². The molecule has 0 radical (unpaired) electrons. The van der Waals surface area contributed by atoms with E-state index in [4.69, 9.17) is 9.97 Å². The average molecular weight is 435 g/mol. The molecule has 0 bridgehead atoms. The van der Waals surface area contributed by atoms with Crippen molar-refractivity contribution in [3.8, 4) is 0 Å². The van der Waals surface area contributed by atoms with Gasteiger partial charge in [-0.2, -0.15) is 0 Å². The van der Waals surface area contributed by atoms with Gasteiger partial charge in [0.25, 0.3) is 0 Å². The molecule has 32 heavy (non-hydrogen) atoms. The zero-order valence-electron chi connectivity index (χ0n) is 19.5. The van der Waals surface area contributed by atoms with E-state index < -0.39 is 0 Å². The highest BCUT2D eigenvalue weighted by Gasteiger charge is 2.33. The van der Waals surface area contributed by atoms with E-state index in [1.807, 2.05) is 34.9 Å². The van der Waals surface area contributed by atoms with Crippen LogP contribution in [0, 0.1) is 12.8 Å². The van der Waals surface area contributed by atoms with Crippen LogP contribution in [0.5, 0.6) is 0 Å². The van der Waals surface area contributed by atoms with Crippen LogP contribution >= 0.6 is 0 Å². The van der Waals surface area contributed by atoms with Crippen molar-refractivity contribution in [2.24, 2.45) is 5.92 Å².